The van der Waals surface area contributed by atoms with Crippen LogP contribution in [0.15, 0.2) is 92.0 Å². The number of aryl methyl sites for hydroxylation is 1. The molecule has 33 heavy (non-hydrogen) atoms. The van der Waals surface area contributed by atoms with E-state index in [0.29, 0.717) is 11.4 Å². The zero-order chi connectivity index (χ0) is 23.6. The van der Waals surface area contributed by atoms with E-state index < -0.39 is 20.3 Å². The van der Waals surface area contributed by atoms with Gasteiger partial charge in [0.25, 0.3) is 5.56 Å². The number of fused-ring (bicyclic) bond motifs is 1. The van der Waals surface area contributed by atoms with Crippen LogP contribution in [0.3, 0.4) is 0 Å². The third kappa shape index (κ3) is 4.44. The Hall–Kier alpha value is -3.74. The molecule has 9 heteroatoms. The summed E-state index contributed by atoms with van der Waals surface area (Å²) in [5, 5.41) is 9.67. The largest absolute Gasteiger partial charge is 0.438 e. The number of nitriles is 1. The minimum absolute atomic E-state index is 0.0575. The van der Waals surface area contributed by atoms with Crippen molar-refractivity contribution in [3.8, 4) is 17.7 Å². The zero-order valence-electron chi connectivity index (χ0n) is 17.3. The van der Waals surface area contributed by atoms with Crippen molar-refractivity contribution in [3.05, 3.63) is 104 Å². The third-order valence-corrected chi connectivity index (χ3v) is 7.02. The molecule has 0 saturated heterocycles. The summed E-state index contributed by atoms with van der Waals surface area (Å²) in [6.07, 6.45) is 2.54. The van der Waals surface area contributed by atoms with Gasteiger partial charge in [0.2, 0.25) is 15.7 Å². The molecule has 4 aromatic rings. The van der Waals surface area contributed by atoms with Crippen molar-refractivity contribution in [3.63, 3.8) is 0 Å². The normalized spacial score (nSPS) is 11.8. The molecule has 7 nitrogen and oxygen atoms in total. The Balaban J connectivity index is 1.97. The molecule has 2 heterocycles. The van der Waals surface area contributed by atoms with Gasteiger partial charge in [0.15, 0.2) is 0 Å². The summed E-state index contributed by atoms with van der Waals surface area (Å²) in [6, 6.07) is 19.6. The lowest BCUT2D eigenvalue weighted by molar-refractivity contribution is 0.460. The average molecular weight is 522 g/mol. The van der Waals surface area contributed by atoms with Gasteiger partial charge in [0.05, 0.1) is 4.90 Å². The van der Waals surface area contributed by atoms with E-state index in [1.54, 1.807) is 67.6 Å². The van der Waals surface area contributed by atoms with E-state index in [1.165, 1.54) is 22.7 Å². The van der Waals surface area contributed by atoms with Gasteiger partial charge in [-0.05, 0) is 61.0 Å². The van der Waals surface area contributed by atoms with Crippen LogP contribution in [-0.4, -0.2) is 17.8 Å². The summed E-state index contributed by atoms with van der Waals surface area (Å²) >= 11 is 3.35. The number of halogens is 1. The Kier molecular flexibility index (Phi) is 6.14. The number of allylic oxidation sites excluding steroid dienone is 1. The fraction of sp³-hybridized carbons (Fsp3) is 0.0417. The third-order valence-electron chi connectivity index (χ3n) is 4.81. The summed E-state index contributed by atoms with van der Waals surface area (Å²) in [5.41, 5.74) is 0.364. The van der Waals surface area contributed by atoms with Crippen molar-refractivity contribution in [2.24, 2.45) is 0 Å². The molecule has 0 fully saturated rings. The van der Waals surface area contributed by atoms with Crippen LogP contribution >= 0.6 is 15.9 Å². The molecule has 4 rings (SSSR count). The maximum atomic E-state index is 13.3. The molecule has 2 aromatic carbocycles. The summed E-state index contributed by atoms with van der Waals surface area (Å²) < 4.78 is 34.1. The highest BCUT2D eigenvalue weighted by atomic mass is 79.9. The number of benzene rings is 2. The van der Waals surface area contributed by atoms with Crippen LogP contribution in [0.2, 0.25) is 0 Å². The molecule has 0 saturated carbocycles. The average Bonchev–Trinajstić information content (AvgIpc) is 2.81. The molecule has 0 aliphatic heterocycles. The van der Waals surface area contributed by atoms with Crippen LogP contribution in [0.5, 0.6) is 11.6 Å². The first-order chi connectivity index (χ1) is 15.8. The molecule has 0 aliphatic rings. The predicted octanol–water partition coefficient (Wildman–Crippen LogP) is 4.90. The number of rotatable bonds is 5. The maximum absolute atomic E-state index is 13.3. The van der Waals surface area contributed by atoms with Crippen LogP contribution in [-0.2, 0) is 9.84 Å². The molecule has 0 unspecified atom stereocenters. The van der Waals surface area contributed by atoms with E-state index in [4.69, 9.17) is 4.74 Å². The number of hydrogen-bond donors (Lipinski definition) is 0. The Bertz CT molecular complexity index is 1590. The molecule has 0 amide bonds. The van der Waals surface area contributed by atoms with Gasteiger partial charge < -0.3 is 4.74 Å². The van der Waals surface area contributed by atoms with Crippen molar-refractivity contribution in [2.75, 3.05) is 0 Å². The first-order valence-electron chi connectivity index (χ1n) is 9.68. The molecule has 0 atom stereocenters. The fourth-order valence-corrected chi connectivity index (χ4v) is 4.56. The molecule has 164 valence electrons. The second kappa shape index (κ2) is 9.02. The molecule has 0 bridgehead atoms. The van der Waals surface area contributed by atoms with Gasteiger partial charge in [-0.15, -0.1) is 0 Å². The Morgan fingerprint density at radius 3 is 2.45 bits per heavy atom. The lowest BCUT2D eigenvalue weighted by Crippen LogP contribution is -2.20. The van der Waals surface area contributed by atoms with E-state index in [2.05, 4.69) is 20.9 Å². The second-order valence-corrected chi connectivity index (χ2v) is 9.85. The van der Waals surface area contributed by atoms with Gasteiger partial charge in [-0.2, -0.15) is 10.2 Å². The Labute approximate surface area is 198 Å². The molecular weight excluding hydrogens is 506 g/mol. The Morgan fingerprint density at radius 1 is 1.09 bits per heavy atom. The minimum atomic E-state index is -4.16. The highest BCUT2D eigenvalue weighted by molar-refractivity contribution is 9.10. The number of nitrogens with zero attached hydrogens (tertiary/aromatic N) is 3. The molecule has 0 radical (unpaired) electrons. The maximum Gasteiger partial charge on any atom is 0.269 e. The van der Waals surface area contributed by atoms with Crippen LogP contribution < -0.4 is 10.3 Å². The molecule has 0 spiro atoms. The number of aromatic nitrogens is 2. The first-order valence-corrected chi connectivity index (χ1v) is 12.0. The molecular formula is C24H16BrN3O4S. The highest BCUT2D eigenvalue weighted by Crippen LogP contribution is 2.28. The highest BCUT2D eigenvalue weighted by Gasteiger charge is 2.23. The van der Waals surface area contributed by atoms with E-state index in [-0.39, 0.29) is 16.3 Å². The number of pyridine rings is 1. The van der Waals surface area contributed by atoms with Crippen LogP contribution in [0, 0.1) is 18.3 Å². The summed E-state index contributed by atoms with van der Waals surface area (Å²) in [7, 11) is -4.16. The summed E-state index contributed by atoms with van der Waals surface area (Å²) in [6.45, 7) is 1.79. The smallest absolute Gasteiger partial charge is 0.269 e. The van der Waals surface area contributed by atoms with Crippen molar-refractivity contribution < 1.29 is 13.2 Å². The number of ether oxygens (including phenoxy) is 1. The van der Waals surface area contributed by atoms with E-state index in [0.717, 1.165) is 16.1 Å². The summed E-state index contributed by atoms with van der Waals surface area (Å²) in [5.74, 6) is 0.287. The molecule has 2 aromatic heterocycles. The second-order valence-electron chi connectivity index (χ2n) is 7.01. The first kappa shape index (κ1) is 22.5. The van der Waals surface area contributed by atoms with E-state index >= 15 is 0 Å². The Morgan fingerprint density at radius 2 is 1.79 bits per heavy atom. The predicted molar refractivity (Wildman–Crippen MR) is 128 cm³/mol. The van der Waals surface area contributed by atoms with Gasteiger partial charge >= 0.3 is 0 Å². The van der Waals surface area contributed by atoms with Crippen molar-refractivity contribution in [1.29, 1.82) is 5.26 Å². The molecule has 0 aliphatic carbocycles. The standard InChI is InChI=1S/C24H16BrN3O4S/c1-16-6-5-13-28-22(16)27-23(32-18-11-9-17(25)10-12-18)21(24(28)29)14-20(15-26)33(30,31)19-7-3-2-4-8-19/h2-14H,1H3/b20-14+. The summed E-state index contributed by atoms with van der Waals surface area (Å²) in [4.78, 5) is 17.2. The van der Waals surface area contributed by atoms with Gasteiger partial charge in [-0.25, -0.2) is 8.42 Å². The van der Waals surface area contributed by atoms with Gasteiger partial charge in [-0.3, -0.25) is 9.20 Å². The number of sulfone groups is 1. The quantitative estimate of drug-likeness (QED) is 0.346. The van der Waals surface area contributed by atoms with Gasteiger partial charge in [-0.1, -0.05) is 40.2 Å². The topological polar surface area (TPSA) is 102 Å². The fourth-order valence-electron chi connectivity index (χ4n) is 3.14. The number of hydrogen-bond acceptors (Lipinski definition) is 6. The van der Waals surface area contributed by atoms with Crippen LogP contribution in [0.4, 0.5) is 0 Å². The monoisotopic (exact) mass is 521 g/mol. The van der Waals surface area contributed by atoms with Crippen molar-refractivity contribution in [1.82, 2.24) is 9.38 Å². The van der Waals surface area contributed by atoms with Crippen LogP contribution in [0.25, 0.3) is 11.7 Å². The van der Waals surface area contributed by atoms with E-state index in [9.17, 15) is 18.5 Å². The zero-order valence-corrected chi connectivity index (χ0v) is 19.7. The van der Waals surface area contributed by atoms with Gasteiger partial charge in [0.1, 0.15) is 27.9 Å². The van der Waals surface area contributed by atoms with E-state index in [1.807, 2.05) is 0 Å². The van der Waals surface area contributed by atoms with Crippen LogP contribution in [0.1, 0.15) is 11.1 Å². The lowest BCUT2D eigenvalue weighted by atomic mass is 10.2. The molecule has 0 N–H and O–H groups in total. The van der Waals surface area contributed by atoms with Crippen molar-refractivity contribution in [2.45, 2.75) is 11.8 Å². The lowest BCUT2D eigenvalue weighted by Gasteiger charge is -2.12. The van der Waals surface area contributed by atoms with Gasteiger partial charge in [0, 0.05) is 10.7 Å². The SMILES string of the molecule is Cc1cccn2c(=O)c(/C=C(\C#N)S(=O)(=O)c3ccccc3)c(Oc3ccc(Br)cc3)nc12. The van der Waals surface area contributed by atoms with Crippen molar-refractivity contribution >= 4 is 37.5 Å². The minimum Gasteiger partial charge on any atom is -0.438 e.